The molecule has 0 aliphatic carbocycles. The molecule has 0 atom stereocenters. The minimum absolute atomic E-state index is 0.303. The second kappa shape index (κ2) is 13.4. The van der Waals surface area contributed by atoms with Crippen LogP contribution < -0.4 is 10.1 Å². The molecule has 0 bridgehead atoms. The van der Waals surface area contributed by atoms with Crippen LogP contribution in [0.3, 0.4) is 0 Å². The number of benzene rings is 2. The number of carbonyl (C=O) groups excluding carboxylic acids is 1. The average Bonchev–Trinajstić information content (AvgIpc) is 3.42. The molecule has 5 nitrogen and oxygen atoms in total. The summed E-state index contributed by atoms with van der Waals surface area (Å²) in [6, 6.07) is 12.7. The maximum absolute atomic E-state index is 13.1. The van der Waals surface area contributed by atoms with Gasteiger partial charge < -0.3 is 15.0 Å². The van der Waals surface area contributed by atoms with Crippen LogP contribution in [0.5, 0.6) is 5.75 Å². The predicted octanol–water partition coefficient (Wildman–Crippen LogP) is 8.44. The van der Waals surface area contributed by atoms with Gasteiger partial charge in [0.1, 0.15) is 11.4 Å². The first-order valence-electron chi connectivity index (χ1n) is 13.2. The van der Waals surface area contributed by atoms with Crippen molar-refractivity contribution in [1.29, 1.82) is 0 Å². The summed E-state index contributed by atoms with van der Waals surface area (Å²) in [6.45, 7) is 4.04. The highest BCUT2D eigenvalue weighted by molar-refractivity contribution is 7.80. The lowest BCUT2D eigenvalue weighted by Crippen LogP contribution is -2.36. The van der Waals surface area contributed by atoms with Crippen molar-refractivity contribution in [3.8, 4) is 16.9 Å². The summed E-state index contributed by atoms with van der Waals surface area (Å²) in [6.07, 6.45) is 3.00. The van der Waals surface area contributed by atoms with Gasteiger partial charge in [0, 0.05) is 35.6 Å². The molecule has 1 amide bonds. The fourth-order valence-corrected chi connectivity index (χ4v) is 5.98. The van der Waals surface area contributed by atoms with Crippen molar-refractivity contribution in [3.63, 3.8) is 0 Å². The highest BCUT2D eigenvalue weighted by atomic mass is 32.1. The van der Waals surface area contributed by atoms with Gasteiger partial charge in [-0.2, -0.15) is 0 Å². The maximum atomic E-state index is 13.1. The zero-order valence-corrected chi connectivity index (χ0v) is 23.4. The Labute approximate surface area is 236 Å². The maximum Gasteiger partial charge on any atom is 0.573 e. The van der Waals surface area contributed by atoms with Gasteiger partial charge in [-0.1, -0.05) is 68.7 Å². The number of nitrogens with zero attached hydrogens (tertiary/aromatic N) is 2. The Bertz CT molecular complexity index is 1250. The first-order chi connectivity index (χ1) is 18.7. The lowest BCUT2D eigenvalue weighted by atomic mass is 9.97. The molecule has 1 N–H and O–H groups in total. The van der Waals surface area contributed by atoms with E-state index >= 15 is 0 Å². The molecule has 0 spiro atoms. The van der Waals surface area contributed by atoms with Crippen LogP contribution in [0.2, 0.25) is 0 Å². The number of anilines is 1. The molecule has 3 aromatic rings. The van der Waals surface area contributed by atoms with E-state index in [1.165, 1.54) is 54.9 Å². The van der Waals surface area contributed by atoms with Gasteiger partial charge in [-0.25, -0.2) is 4.98 Å². The van der Waals surface area contributed by atoms with E-state index in [-0.39, 0.29) is 11.7 Å². The Balaban J connectivity index is 1.35. The van der Waals surface area contributed by atoms with E-state index in [2.05, 4.69) is 26.9 Å². The number of nitrogens with one attached hydrogen (secondary N) is 1. The molecule has 1 aromatic heterocycles. The summed E-state index contributed by atoms with van der Waals surface area (Å²) < 4.78 is 41.4. The molecule has 1 aliphatic heterocycles. The van der Waals surface area contributed by atoms with E-state index in [0.717, 1.165) is 48.8 Å². The van der Waals surface area contributed by atoms with Gasteiger partial charge >= 0.3 is 6.36 Å². The molecule has 2 aromatic carbocycles. The van der Waals surface area contributed by atoms with Crippen LogP contribution in [-0.2, 0) is 0 Å². The molecule has 1 aliphatic rings. The summed E-state index contributed by atoms with van der Waals surface area (Å²) in [5, 5.41) is 5.65. The lowest BCUT2D eigenvalue weighted by Gasteiger charge is -2.33. The molecule has 0 radical (unpaired) electrons. The highest BCUT2D eigenvalue weighted by Gasteiger charge is 2.31. The van der Waals surface area contributed by atoms with E-state index < -0.39 is 6.36 Å². The third kappa shape index (κ3) is 8.25. The standard InChI is InChI=1S/C29H32F3N3O2S2/c1-2-3-4-5-10-26(38)35-17-15-21(16-18-35)28-34-25(19-39-28)27(36)33-24-9-7-6-8-23(24)20-11-13-22(14-12-20)37-29(30,31)32/h6-9,11-14,19,21H,2-5,10,15-18H2,1H3,(H,33,36). The third-order valence-corrected chi connectivity index (χ3v) is 8.24. The number of hydrogen-bond donors (Lipinski definition) is 1. The fraction of sp³-hybridized carbons (Fsp3) is 0.414. The molecular formula is C29H32F3N3O2S2. The second-order valence-electron chi connectivity index (χ2n) is 9.61. The Morgan fingerprint density at radius 2 is 1.82 bits per heavy atom. The van der Waals surface area contributed by atoms with Crippen molar-refractivity contribution in [3.05, 3.63) is 64.6 Å². The molecule has 1 saturated heterocycles. The minimum atomic E-state index is -4.75. The number of unbranched alkanes of at least 4 members (excludes halogenated alkanes) is 3. The smallest absolute Gasteiger partial charge is 0.406 e. The SMILES string of the molecule is CCCCCCC(=S)N1CCC(c2nc(C(=O)Nc3ccccc3-c3ccc(OC(F)(F)F)cc3)cs2)CC1. The monoisotopic (exact) mass is 575 g/mol. The predicted molar refractivity (Wildman–Crippen MR) is 154 cm³/mol. The summed E-state index contributed by atoms with van der Waals surface area (Å²) >= 11 is 7.16. The van der Waals surface area contributed by atoms with E-state index in [4.69, 9.17) is 12.2 Å². The number of alkyl halides is 3. The molecule has 208 valence electrons. The van der Waals surface area contributed by atoms with Crippen molar-refractivity contribution in [2.45, 2.75) is 64.1 Å². The number of piperidine rings is 1. The van der Waals surface area contributed by atoms with Gasteiger partial charge in [0.05, 0.1) is 10.00 Å². The molecule has 10 heteroatoms. The van der Waals surface area contributed by atoms with E-state index in [1.54, 1.807) is 29.6 Å². The average molecular weight is 576 g/mol. The van der Waals surface area contributed by atoms with Gasteiger partial charge in [0.2, 0.25) is 0 Å². The molecule has 39 heavy (non-hydrogen) atoms. The minimum Gasteiger partial charge on any atom is -0.406 e. The number of aromatic nitrogens is 1. The number of hydrogen-bond acceptors (Lipinski definition) is 5. The highest BCUT2D eigenvalue weighted by Crippen LogP contribution is 2.33. The van der Waals surface area contributed by atoms with Crippen LogP contribution in [0.1, 0.15) is 73.3 Å². The van der Waals surface area contributed by atoms with E-state index in [1.807, 2.05) is 0 Å². The van der Waals surface area contributed by atoms with Gasteiger partial charge in [0.25, 0.3) is 5.91 Å². The Kier molecular flexibility index (Phi) is 9.96. The van der Waals surface area contributed by atoms with Crippen LogP contribution >= 0.6 is 23.6 Å². The van der Waals surface area contributed by atoms with Crippen LogP contribution in [0.25, 0.3) is 11.1 Å². The number of amides is 1. The van der Waals surface area contributed by atoms with Gasteiger partial charge in [-0.3, -0.25) is 4.79 Å². The number of para-hydroxylation sites is 1. The topological polar surface area (TPSA) is 54.5 Å². The van der Waals surface area contributed by atoms with Gasteiger partial charge in [0.15, 0.2) is 0 Å². The van der Waals surface area contributed by atoms with E-state index in [9.17, 15) is 18.0 Å². The number of halogens is 3. The number of thiocarbonyl (C=S) groups is 1. The fourth-order valence-electron chi connectivity index (χ4n) is 4.68. The third-order valence-electron chi connectivity index (χ3n) is 6.77. The van der Waals surface area contributed by atoms with Crippen molar-refractivity contribution in [1.82, 2.24) is 9.88 Å². The number of carbonyl (C=O) groups is 1. The largest absolute Gasteiger partial charge is 0.573 e. The molecular weight excluding hydrogens is 543 g/mol. The first-order valence-corrected chi connectivity index (χ1v) is 14.5. The zero-order valence-electron chi connectivity index (χ0n) is 21.8. The molecule has 0 unspecified atom stereocenters. The summed E-state index contributed by atoms with van der Waals surface area (Å²) in [5.74, 6) is -0.324. The first kappa shape index (κ1) is 29.0. The van der Waals surface area contributed by atoms with Crippen molar-refractivity contribution in [2.24, 2.45) is 0 Å². The molecule has 1 fully saturated rings. The number of thiazole rings is 1. The van der Waals surface area contributed by atoms with Gasteiger partial charge in [-0.15, -0.1) is 24.5 Å². The number of likely N-dealkylation sites (tertiary alicyclic amines) is 1. The van der Waals surface area contributed by atoms with E-state index in [0.29, 0.717) is 28.4 Å². The molecule has 4 rings (SSSR count). The van der Waals surface area contributed by atoms with Crippen LogP contribution in [-0.4, -0.2) is 40.2 Å². The molecule has 0 saturated carbocycles. The van der Waals surface area contributed by atoms with Crippen molar-refractivity contribution in [2.75, 3.05) is 18.4 Å². The Morgan fingerprint density at radius 3 is 2.51 bits per heavy atom. The summed E-state index contributed by atoms with van der Waals surface area (Å²) in [7, 11) is 0. The normalized spacial score (nSPS) is 14.3. The zero-order chi connectivity index (χ0) is 27.8. The second-order valence-corrected chi connectivity index (χ2v) is 11.0. The van der Waals surface area contributed by atoms with Crippen molar-refractivity contribution < 1.29 is 22.7 Å². The molecule has 2 heterocycles. The number of ether oxygens (including phenoxy) is 1. The lowest BCUT2D eigenvalue weighted by molar-refractivity contribution is -0.274. The summed E-state index contributed by atoms with van der Waals surface area (Å²) in [4.78, 5) is 21.1. The van der Waals surface area contributed by atoms with Crippen LogP contribution in [0.15, 0.2) is 53.9 Å². The summed E-state index contributed by atoms with van der Waals surface area (Å²) in [5.41, 5.74) is 2.22. The van der Waals surface area contributed by atoms with Crippen LogP contribution in [0.4, 0.5) is 18.9 Å². The Morgan fingerprint density at radius 1 is 1.10 bits per heavy atom. The number of rotatable bonds is 10. The Hall–Kier alpha value is -2.98. The quantitative estimate of drug-likeness (QED) is 0.194. The van der Waals surface area contributed by atoms with Crippen molar-refractivity contribution >= 4 is 40.1 Å². The van der Waals surface area contributed by atoms with Gasteiger partial charge in [-0.05, 0) is 49.4 Å². The van der Waals surface area contributed by atoms with Crippen LogP contribution in [0, 0.1) is 0 Å².